The number of hydrogen-bond acceptors (Lipinski definition) is 6. The number of nitrogens with one attached hydrogen (secondary N) is 2. The first-order chi connectivity index (χ1) is 14.1. The summed E-state index contributed by atoms with van der Waals surface area (Å²) < 4.78 is 27.1. The molecule has 0 unspecified atom stereocenters. The lowest BCUT2D eigenvalue weighted by Gasteiger charge is -2.36. The molecule has 2 aromatic rings. The Morgan fingerprint density at radius 2 is 1.76 bits per heavy atom. The molecule has 1 aliphatic heterocycles. The van der Waals surface area contributed by atoms with Gasteiger partial charge in [-0.15, -0.1) is 0 Å². The maximum atomic E-state index is 12.2. The van der Waals surface area contributed by atoms with Crippen molar-refractivity contribution in [1.82, 2.24) is 24.9 Å². The molecule has 1 fully saturated rings. The minimum absolute atomic E-state index is 0.0172. The number of benzene rings is 1. The Morgan fingerprint density at radius 3 is 2.41 bits per heavy atom. The Morgan fingerprint density at radius 1 is 1.07 bits per heavy atom. The smallest absolute Gasteiger partial charge is 0.225 e. The van der Waals surface area contributed by atoms with Crippen LogP contribution in [0.15, 0.2) is 53.8 Å². The molecule has 1 aromatic carbocycles. The van der Waals surface area contributed by atoms with Crippen LogP contribution in [-0.2, 0) is 16.6 Å². The van der Waals surface area contributed by atoms with Crippen LogP contribution < -0.4 is 14.9 Å². The van der Waals surface area contributed by atoms with Crippen molar-refractivity contribution in [2.75, 3.05) is 50.4 Å². The molecule has 10 heteroatoms. The molecule has 1 aliphatic rings. The van der Waals surface area contributed by atoms with Gasteiger partial charge in [-0.3, -0.25) is 4.99 Å². The number of aliphatic imine (C=N–C) groups is 1. The van der Waals surface area contributed by atoms with Gasteiger partial charge in [-0.1, -0.05) is 30.3 Å². The van der Waals surface area contributed by atoms with Crippen LogP contribution in [-0.4, -0.2) is 74.8 Å². The predicted octanol–water partition coefficient (Wildman–Crippen LogP) is 0.294. The highest BCUT2D eigenvalue weighted by Gasteiger charge is 2.21. The molecule has 0 spiro atoms. The molecule has 2 N–H and O–H groups in total. The average Bonchev–Trinajstić information content (AvgIpc) is 2.77. The van der Waals surface area contributed by atoms with Crippen LogP contribution in [0.2, 0.25) is 0 Å². The Hall–Kier alpha value is -2.72. The van der Waals surface area contributed by atoms with Crippen molar-refractivity contribution in [3.05, 3.63) is 54.4 Å². The average molecular weight is 418 g/mol. The largest absolute Gasteiger partial charge is 0.355 e. The third kappa shape index (κ3) is 6.40. The van der Waals surface area contributed by atoms with Crippen molar-refractivity contribution in [2.24, 2.45) is 4.99 Å². The van der Waals surface area contributed by atoms with Crippen LogP contribution in [0.3, 0.4) is 0 Å². The molecule has 0 bridgehead atoms. The molecule has 1 aromatic heterocycles. The van der Waals surface area contributed by atoms with E-state index in [1.807, 2.05) is 30.3 Å². The minimum Gasteiger partial charge on any atom is -0.355 e. The molecule has 9 nitrogen and oxygen atoms in total. The van der Waals surface area contributed by atoms with Gasteiger partial charge in [0.2, 0.25) is 16.0 Å². The monoisotopic (exact) mass is 417 g/mol. The second-order valence-corrected chi connectivity index (χ2v) is 8.55. The fourth-order valence-electron chi connectivity index (χ4n) is 3.06. The van der Waals surface area contributed by atoms with Crippen LogP contribution >= 0.6 is 0 Å². The number of piperazine rings is 1. The third-order valence-corrected chi connectivity index (χ3v) is 5.94. The normalized spacial score (nSPS) is 15.4. The van der Waals surface area contributed by atoms with Crippen LogP contribution in [0.4, 0.5) is 5.95 Å². The van der Waals surface area contributed by atoms with Crippen molar-refractivity contribution in [1.29, 1.82) is 0 Å². The quantitative estimate of drug-likeness (QED) is 0.493. The van der Waals surface area contributed by atoms with Gasteiger partial charge in [-0.25, -0.2) is 23.1 Å². The molecule has 2 heterocycles. The fourth-order valence-corrected chi connectivity index (χ4v) is 3.97. The van der Waals surface area contributed by atoms with Crippen molar-refractivity contribution in [3.63, 3.8) is 0 Å². The second-order valence-electron chi connectivity index (χ2n) is 6.62. The van der Waals surface area contributed by atoms with E-state index in [4.69, 9.17) is 0 Å². The molecule has 3 rings (SSSR count). The van der Waals surface area contributed by atoms with E-state index >= 15 is 0 Å². The zero-order valence-corrected chi connectivity index (χ0v) is 17.3. The maximum Gasteiger partial charge on any atom is 0.225 e. The maximum absolute atomic E-state index is 12.2. The summed E-state index contributed by atoms with van der Waals surface area (Å²) in [5.41, 5.74) is 0.931. The lowest BCUT2D eigenvalue weighted by Crippen LogP contribution is -2.53. The fraction of sp³-hybridized carbons (Fsp3) is 0.421. The first-order valence-corrected chi connectivity index (χ1v) is 11.2. The predicted molar refractivity (Wildman–Crippen MR) is 114 cm³/mol. The van der Waals surface area contributed by atoms with Crippen molar-refractivity contribution < 1.29 is 8.42 Å². The van der Waals surface area contributed by atoms with Gasteiger partial charge < -0.3 is 15.1 Å². The first kappa shape index (κ1) is 21.0. The number of hydrogen-bond donors (Lipinski definition) is 2. The van der Waals surface area contributed by atoms with Gasteiger partial charge in [0.25, 0.3) is 0 Å². The van der Waals surface area contributed by atoms with Gasteiger partial charge in [-0.05, 0) is 11.6 Å². The summed E-state index contributed by atoms with van der Waals surface area (Å²) in [6, 6.07) is 11.3. The second kappa shape index (κ2) is 10.2. The SMILES string of the molecule is CN=C(NCCS(=O)(=O)NCc1ccccc1)N1CCN(c2ncccn2)CC1. The Kier molecular flexibility index (Phi) is 7.36. The highest BCUT2D eigenvalue weighted by Crippen LogP contribution is 2.09. The van der Waals surface area contributed by atoms with E-state index in [0.29, 0.717) is 19.0 Å². The summed E-state index contributed by atoms with van der Waals surface area (Å²) in [4.78, 5) is 17.1. The molecular formula is C19H27N7O2S. The van der Waals surface area contributed by atoms with E-state index in [1.54, 1.807) is 25.5 Å². The zero-order chi connectivity index (χ0) is 20.5. The zero-order valence-electron chi connectivity index (χ0n) is 16.5. The molecule has 1 saturated heterocycles. The van der Waals surface area contributed by atoms with Crippen LogP contribution in [0.1, 0.15) is 5.56 Å². The van der Waals surface area contributed by atoms with Crippen molar-refractivity contribution in [2.45, 2.75) is 6.54 Å². The van der Waals surface area contributed by atoms with Crippen molar-refractivity contribution >= 4 is 21.9 Å². The standard InChI is InChI=1S/C19H27N7O2S/c1-20-18(25-11-13-26(14-12-25)19-21-8-5-9-22-19)23-10-15-29(27,28)24-16-17-6-3-2-4-7-17/h2-9,24H,10-16H2,1H3,(H,20,23). The first-order valence-electron chi connectivity index (χ1n) is 9.56. The lowest BCUT2D eigenvalue weighted by molar-refractivity contribution is 0.371. The van der Waals surface area contributed by atoms with E-state index < -0.39 is 10.0 Å². The van der Waals surface area contributed by atoms with Gasteiger partial charge in [0.05, 0.1) is 5.75 Å². The van der Waals surface area contributed by atoms with Gasteiger partial charge in [0, 0.05) is 58.7 Å². The lowest BCUT2D eigenvalue weighted by atomic mass is 10.2. The summed E-state index contributed by atoms with van der Waals surface area (Å²) in [7, 11) is -1.66. The van der Waals surface area contributed by atoms with Crippen LogP contribution in [0, 0.1) is 0 Å². The molecule has 0 atom stereocenters. The molecule has 0 radical (unpaired) electrons. The third-order valence-electron chi connectivity index (χ3n) is 4.62. The summed E-state index contributed by atoms with van der Waals surface area (Å²) in [6.45, 7) is 3.66. The molecule has 0 amide bonds. The van der Waals surface area contributed by atoms with E-state index in [2.05, 4.69) is 34.8 Å². The molecule has 0 saturated carbocycles. The molecule has 0 aliphatic carbocycles. The van der Waals surface area contributed by atoms with Gasteiger partial charge in [0.1, 0.15) is 0 Å². The van der Waals surface area contributed by atoms with Crippen LogP contribution in [0.25, 0.3) is 0 Å². The summed E-state index contributed by atoms with van der Waals surface area (Å²) >= 11 is 0. The van der Waals surface area contributed by atoms with E-state index in [9.17, 15) is 8.42 Å². The number of rotatable bonds is 7. The Balaban J connectivity index is 1.42. The molecular weight excluding hydrogens is 390 g/mol. The number of anilines is 1. The highest BCUT2D eigenvalue weighted by molar-refractivity contribution is 7.89. The van der Waals surface area contributed by atoms with Crippen LogP contribution in [0.5, 0.6) is 0 Å². The van der Waals surface area contributed by atoms with E-state index in [1.165, 1.54) is 0 Å². The molecule has 156 valence electrons. The number of sulfonamides is 1. The summed E-state index contributed by atoms with van der Waals surface area (Å²) in [5, 5.41) is 3.16. The summed E-state index contributed by atoms with van der Waals surface area (Å²) in [5.74, 6) is 1.42. The highest BCUT2D eigenvalue weighted by atomic mass is 32.2. The number of aromatic nitrogens is 2. The summed E-state index contributed by atoms with van der Waals surface area (Å²) in [6.07, 6.45) is 3.48. The Labute approximate surface area is 171 Å². The topological polar surface area (TPSA) is 103 Å². The van der Waals surface area contributed by atoms with Gasteiger partial charge >= 0.3 is 0 Å². The molecule has 29 heavy (non-hydrogen) atoms. The number of nitrogens with zero attached hydrogens (tertiary/aromatic N) is 5. The van der Waals surface area contributed by atoms with Gasteiger partial charge in [-0.2, -0.15) is 0 Å². The van der Waals surface area contributed by atoms with E-state index in [0.717, 1.165) is 37.7 Å². The number of guanidine groups is 1. The Bertz CT molecular complexity index is 883. The van der Waals surface area contributed by atoms with Gasteiger partial charge in [0.15, 0.2) is 5.96 Å². The van der Waals surface area contributed by atoms with E-state index in [-0.39, 0.29) is 5.75 Å². The minimum atomic E-state index is -3.37. The van der Waals surface area contributed by atoms with Crippen molar-refractivity contribution in [3.8, 4) is 0 Å².